The highest BCUT2D eigenvalue weighted by atomic mass is 16.1. The molecule has 0 bridgehead atoms. The highest BCUT2D eigenvalue weighted by Gasteiger charge is 2.16. The minimum Gasteiger partial charge on any atom is -0.330 e. The van der Waals surface area contributed by atoms with Crippen molar-refractivity contribution in [2.45, 2.75) is 38.6 Å². The number of nitrogens with one attached hydrogen (secondary N) is 1. The fourth-order valence-electron chi connectivity index (χ4n) is 2.71. The number of nitrogens with two attached hydrogens (primary N) is 1. The van der Waals surface area contributed by atoms with Crippen LogP contribution in [-0.2, 0) is 17.8 Å². The first-order valence-corrected chi connectivity index (χ1v) is 7.80. The predicted octanol–water partition coefficient (Wildman–Crippen LogP) is 1.96. The summed E-state index contributed by atoms with van der Waals surface area (Å²) in [6.07, 6.45) is 4.52. The predicted molar refractivity (Wildman–Crippen MR) is 85.3 cm³/mol. The lowest BCUT2D eigenvalue weighted by molar-refractivity contribution is -0.116. The van der Waals surface area contributed by atoms with Crippen molar-refractivity contribution in [1.29, 1.82) is 0 Å². The molecule has 1 aromatic carbocycles. The number of amides is 1. The first kappa shape index (κ1) is 14.7. The summed E-state index contributed by atoms with van der Waals surface area (Å²) in [5.74, 6) is 1.98. The number of hydrogen-bond donors (Lipinski definition) is 2. The molecule has 2 heterocycles. The van der Waals surface area contributed by atoms with Gasteiger partial charge >= 0.3 is 0 Å². The number of carbonyl (C=O) groups is 1. The number of carbonyl (C=O) groups excluding carboxylic acids is 1. The first-order chi connectivity index (χ1) is 10.8. The number of fused-ring (bicyclic) bond motifs is 1. The third-order valence-corrected chi connectivity index (χ3v) is 3.89. The fraction of sp³-hybridized carbons (Fsp3) is 0.438. The van der Waals surface area contributed by atoms with Gasteiger partial charge in [0.1, 0.15) is 5.82 Å². The standard InChI is InChI=1S/C16H21N5O/c17-10-3-5-15(22)18-13-8-6-12(7-9-13)16-20-19-14-4-1-2-11-21(14)16/h6-9H,1-5,10-11,17H2,(H,18,22). The summed E-state index contributed by atoms with van der Waals surface area (Å²) in [6.45, 7) is 1.51. The van der Waals surface area contributed by atoms with E-state index in [1.807, 2.05) is 24.3 Å². The molecule has 0 saturated heterocycles. The third kappa shape index (κ3) is 3.17. The molecule has 0 saturated carbocycles. The number of nitrogens with zero attached hydrogens (tertiary/aromatic N) is 3. The van der Waals surface area contributed by atoms with Crippen molar-refractivity contribution < 1.29 is 4.79 Å². The van der Waals surface area contributed by atoms with E-state index in [1.54, 1.807) is 0 Å². The molecule has 0 aliphatic carbocycles. The minimum absolute atomic E-state index is 0.00180. The van der Waals surface area contributed by atoms with E-state index in [9.17, 15) is 4.79 Å². The molecule has 0 spiro atoms. The average Bonchev–Trinajstić information content (AvgIpc) is 2.98. The van der Waals surface area contributed by atoms with Crippen LogP contribution in [0.15, 0.2) is 24.3 Å². The van der Waals surface area contributed by atoms with Crippen molar-refractivity contribution in [2.75, 3.05) is 11.9 Å². The van der Waals surface area contributed by atoms with Crippen molar-refractivity contribution in [3.05, 3.63) is 30.1 Å². The van der Waals surface area contributed by atoms with Gasteiger partial charge in [-0.3, -0.25) is 4.79 Å². The van der Waals surface area contributed by atoms with Crippen LogP contribution in [0.4, 0.5) is 5.69 Å². The van der Waals surface area contributed by atoms with E-state index >= 15 is 0 Å². The van der Waals surface area contributed by atoms with Gasteiger partial charge < -0.3 is 15.6 Å². The Kier molecular flexibility index (Phi) is 4.48. The number of anilines is 1. The second kappa shape index (κ2) is 6.70. The molecule has 6 heteroatoms. The monoisotopic (exact) mass is 299 g/mol. The van der Waals surface area contributed by atoms with E-state index in [0.717, 1.165) is 35.9 Å². The van der Waals surface area contributed by atoms with Crippen LogP contribution in [0.25, 0.3) is 11.4 Å². The first-order valence-electron chi connectivity index (χ1n) is 7.80. The zero-order chi connectivity index (χ0) is 15.4. The fourth-order valence-corrected chi connectivity index (χ4v) is 2.71. The quantitative estimate of drug-likeness (QED) is 0.883. The van der Waals surface area contributed by atoms with Crippen molar-refractivity contribution >= 4 is 11.6 Å². The highest BCUT2D eigenvalue weighted by molar-refractivity contribution is 5.90. The van der Waals surface area contributed by atoms with E-state index in [-0.39, 0.29) is 5.91 Å². The van der Waals surface area contributed by atoms with Crippen LogP contribution in [-0.4, -0.2) is 27.2 Å². The van der Waals surface area contributed by atoms with Crippen LogP contribution in [0, 0.1) is 0 Å². The third-order valence-electron chi connectivity index (χ3n) is 3.89. The molecule has 116 valence electrons. The molecule has 1 aliphatic heterocycles. The topological polar surface area (TPSA) is 85.8 Å². The zero-order valence-electron chi connectivity index (χ0n) is 12.6. The molecule has 3 rings (SSSR count). The summed E-state index contributed by atoms with van der Waals surface area (Å²) in [5.41, 5.74) is 7.23. The van der Waals surface area contributed by atoms with E-state index in [4.69, 9.17) is 5.73 Å². The Morgan fingerprint density at radius 2 is 2.05 bits per heavy atom. The second-order valence-corrected chi connectivity index (χ2v) is 5.57. The summed E-state index contributed by atoms with van der Waals surface area (Å²) in [6, 6.07) is 7.76. The molecule has 6 nitrogen and oxygen atoms in total. The number of benzene rings is 1. The number of aryl methyl sites for hydroxylation is 1. The van der Waals surface area contributed by atoms with Gasteiger partial charge in [-0.15, -0.1) is 10.2 Å². The molecule has 22 heavy (non-hydrogen) atoms. The van der Waals surface area contributed by atoms with Gasteiger partial charge in [0.2, 0.25) is 5.91 Å². The van der Waals surface area contributed by atoms with Gasteiger partial charge in [-0.1, -0.05) is 0 Å². The van der Waals surface area contributed by atoms with Crippen LogP contribution >= 0.6 is 0 Å². The maximum absolute atomic E-state index is 11.7. The van der Waals surface area contributed by atoms with Crippen LogP contribution in [0.2, 0.25) is 0 Å². The molecule has 1 aliphatic rings. The maximum Gasteiger partial charge on any atom is 0.224 e. The summed E-state index contributed by atoms with van der Waals surface area (Å²) < 4.78 is 2.19. The van der Waals surface area contributed by atoms with Crippen LogP contribution in [0.1, 0.15) is 31.5 Å². The zero-order valence-corrected chi connectivity index (χ0v) is 12.6. The van der Waals surface area contributed by atoms with Crippen LogP contribution in [0.5, 0.6) is 0 Å². The molecule has 0 radical (unpaired) electrons. The van der Waals surface area contributed by atoms with Crippen molar-refractivity contribution in [3.63, 3.8) is 0 Å². The molecular formula is C16H21N5O. The Balaban J connectivity index is 1.72. The lowest BCUT2D eigenvalue weighted by Crippen LogP contribution is -2.13. The summed E-state index contributed by atoms with van der Waals surface area (Å²) in [4.78, 5) is 11.7. The lowest BCUT2D eigenvalue weighted by Gasteiger charge is -2.14. The van der Waals surface area contributed by atoms with Crippen molar-refractivity contribution in [1.82, 2.24) is 14.8 Å². The molecule has 1 amide bonds. The summed E-state index contributed by atoms with van der Waals surface area (Å²) in [5, 5.41) is 11.5. The normalized spacial score (nSPS) is 13.7. The minimum atomic E-state index is -0.00180. The summed E-state index contributed by atoms with van der Waals surface area (Å²) in [7, 11) is 0. The van der Waals surface area contributed by atoms with Gasteiger partial charge in [-0.05, 0) is 50.1 Å². The number of aromatic nitrogens is 3. The van der Waals surface area contributed by atoms with E-state index in [2.05, 4.69) is 20.1 Å². The number of hydrogen-bond acceptors (Lipinski definition) is 4. The van der Waals surface area contributed by atoms with Gasteiger partial charge in [0.25, 0.3) is 0 Å². The van der Waals surface area contributed by atoms with Crippen molar-refractivity contribution in [2.24, 2.45) is 5.73 Å². The Bertz CT molecular complexity index is 647. The van der Waals surface area contributed by atoms with Crippen LogP contribution < -0.4 is 11.1 Å². The Hall–Kier alpha value is -2.21. The van der Waals surface area contributed by atoms with Gasteiger partial charge in [-0.25, -0.2) is 0 Å². The Morgan fingerprint density at radius 3 is 2.82 bits per heavy atom. The molecule has 0 fully saturated rings. The van der Waals surface area contributed by atoms with E-state index in [0.29, 0.717) is 19.4 Å². The average molecular weight is 299 g/mol. The molecule has 1 aromatic heterocycles. The molecule has 0 atom stereocenters. The Labute approximate surface area is 129 Å². The lowest BCUT2D eigenvalue weighted by atomic mass is 10.1. The molecule has 2 aromatic rings. The van der Waals surface area contributed by atoms with Gasteiger partial charge in [0.05, 0.1) is 0 Å². The van der Waals surface area contributed by atoms with Crippen molar-refractivity contribution in [3.8, 4) is 11.4 Å². The smallest absolute Gasteiger partial charge is 0.224 e. The van der Waals surface area contributed by atoms with Gasteiger partial charge in [0, 0.05) is 30.6 Å². The van der Waals surface area contributed by atoms with Gasteiger partial charge in [0.15, 0.2) is 5.82 Å². The summed E-state index contributed by atoms with van der Waals surface area (Å²) >= 11 is 0. The molecular weight excluding hydrogens is 278 g/mol. The van der Waals surface area contributed by atoms with E-state index in [1.165, 1.54) is 12.8 Å². The SMILES string of the molecule is NCCCC(=O)Nc1ccc(-c2nnc3n2CCCC3)cc1. The maximum atomic E-state index is 11.7. The second-order valence-electron chi connectivity index (χ2n) is 5.57. The highest BCUT2D eigenvalue weighted by Crippen LogP contribution is 2.24. The molecule has 3 N–H and O–H groups in total. The largest absolute Gasteiger partial charge is 0.330 e. The van der Waals surface area contributed by atoms with Crippen LogP contribution in [0.3, 0.4) is 0 Å². The van der Waals surface area contributed by atoms with Gasteiger partial charge in [-0.2, -0.15) is 0 Å². The van der Waals surface area contributed by atoms with E-state index < -0.39 is 0 Å². The number of rotatable bonds is 5. The molecule has 0 unspecified atom stereocenters. The Morgan fingerprint density at radius 1 is 1.23 bits per heavy atom.